The predicted octanol–water partition coefficient (Wildman–Crippen LogP) is 7.95. The molecule has 1 aliphatic heterocycles. The first-order valence-corrected chi connectivity index (χ1v) is 18.6. The number of fused-ring (bicyclic) bond motifs is 1. The van der Waals surface area contributed by atoms with E-state index in [1.165, 1.54) is 6.07 Å². The summed E-state index contributed by atoms with van der Waals surface area (Å²) in [5, 5.41) is 16.3. The summed E-state index contributed by atoms with van der Waals surface area (Å²) in [5.74, 6) is -0.280. The first-order chi connectivity index (χ1) is 21.0. The van der Waals surface area contributed by atoms with Gasteiger partial charge in [-0.05, 0) is 64.2 Å². The zero-order chi connectivity index (χ0) is 32.7. The highest BCUT2D eigenvalue weighted by Gasteiger charge is 2.37. The fourth-order valence-corrected chi connectivity index (χ4v) is 6.20. The van der Waals surface area contributed by atoms with E-state index in [4.69, 9.17) is 25.5 Å². The number of halogens is 2. The van der Waals surface area contributed by atoms with Gasteiger partial charge in [-0.2, -0.15) is 5.10 Å². The number of rotatable bonds is 8. The zero-order valence-electron chi connectivity index (χ0n) is 27.3. The number of hydrogen-bond acceptors (Lipinski definition) is 7. The monoisotopic (exact) mass is 659 g/mol. The molecule has 1 aliphatic rings. The van der Waals surface area contributed by atoms with Crippen LogP contribution in [0.3, 0.4) is 0 Å². The van der Waals surface area contributed by atoms with Gasteiger partial charge in [0, 0.05) is 35.5 Å². The average molecular weight is 660 g/mol. The second kappa shape index (κ2) is 12.5. The van der Waals surface area contributed by atoms with Gasteiger partial charge in [-0.3, -0.25) is 9.88 Å². The van der Waals surface area contributed by atoms with E-state index in [2.05, 4.69) is 54.6 Å². The molecule has 1 unspecified atom stereocenters. The van der Waals surface area contributed by atoms with Gasteiger partial charge in [0.25, 0.3) is 0 Å². The van der Waals surface area contributed by atoms with Crippen molar-refractivity contribution in [2.45, 2.75) is 97.3 Å². The molecular weight excluding hydrogens is 617 g/mol. The fourth-order valence-electron chi connectivity index (χ4n) is 4.97. The average Bonchev–Trinajstić information content (AvgIpc) is 3.69. The summed E-state index contributed by atoms with van der Waals surface area (Å²) < 4.78 is 38.8. The second-order valence-corrected chi connectivity index (χ2v) is 19.2. The highest BCUT2D eigenvalue weighted by molar-refractivity contribution is 6.74. The lowest BCUT2D eigenvalue weighted by Crippen LogP contribution is -2.41. The van der Waals surface area contributed by atoms with Crippen LogP contribution >= 0.6 is 11.6 Å². The van der Waals surface area contributed by atoms with Crippen molar-refractivity contribution in [3.63, 3.8) is 0 Å². The van der Waals surface area contributed by atoms with Gasteiger partial charge in [0.05, 0.1) is 41.8 Å². The summed E-state index contributed by atoms with van der Waals surface area (Å²) in [4.78, 5) is 12.9. The lowest BCUT2D eigenvalue weighted by molar-refractivity contribution is -0.0394. The Morgan fingerprint density at radius 2 is 1.93 bits per heavy atom. The Kier molecular flexibility index (Phi) is 9.20. The summed E-state index contributed by atoms with van der Waals surface area (Å²) >= 11 is 6.42. The minimum absolute atomic E-state index is 0.0831. The SMILES string of the molecule is CC(C)(C)OC(=O)Nc1cc(Cl)c(F)c2c1c(-c1cnn(C3CCCCO3)c1)cn2-c1cn(CCO[Si](C)(C)C(C)(C)C)nn1. The maximum Gasteiger partial charge on any atom is 0.412 e. The number of aromatic nitrogens is 6. The predicted molar refractivity (Wildman–Crippen MR) is 175 cm³/mol. The van der Waals surface area contributed by atoms with E-state index in [-0.39, 0.29) is 27.5 Å². The van der Waals surface area contributed by atoms with Crippen molar-refractivity contribution in [2.75, 3.05) is 18.5 Å². The van der Waals surface area contributed by atoms with Crippen molar-refractivity contribution in [1.82, 2.24) is 29.3 Å². The van der Waals surface area contributed by atoms with Gasteiger partial charge in [0.2, 0.25) is 0 Å². The third kappa shape index (κ3) is 7.26. The van der Waals surface area contributed by atoms with Crippen molar-refractivity contribution in [3.05, 3.63) is 41.7 Å². The van der Waals surface area contributed by atoms with Crippen LogP contribution in [0.4, 0.5) is 14.9 Å². The van der Waals surface area contributed by atoms with Crippen LogP contribution < -0.4 is 5.32 Å². The molecule has 1 N–H and O–H groups in total. The summed E-state index contributed by atoms with van der Waals surface area (Å²) in [6, 6.07) is 1.39. The second-order valence-electron chi connectivity index (χ2n) is 14.0. The third-order valence-electron chi connectivity index (χ3n) is 8.32. The molecule has 1 amide bonds. The van der Waals surface area contributed by atoms with Crippen LogP contribution in [-0.4, -0.2) is 62.6 Å². The Hall–Kier alpha value is -3.26. The van der Waals surface area contributed by atoms with Crippen LogP contribution in [0.5, 0.6) is 0 Å². The Morgan fingerprint density at radius 1 is 1.18 bits per heavy atom. The first kappa shape index (κ1) is 33.1. The summed E-state index contributed by atoms with van der Waals surface area (Å²) in [5.41, 5.74) is 1.00. The minimum Gasteiger partial charge on any atom is -0.444 e. The number of ether oxygens (including phenoxy) is 2. The number of hydrogen-bond donors (Lipinski definition) is 1. The standard InChI is InChI=1S/C31H43ClFN7O4Si/c1-30(2,3)44-29(41)35-23-15-22(32)27(33)28-26(23)21(20-16-34-40(17-20)25-11-9-10-13-42-25)18-39(28)24-19-38(37-36-24)12-14-43-45(7,8)31(4,5)6/h15-19,25H,9-14H2,1-8H3,(H,35,41). The van der Waals surface area contributed by atoms with Gasteiger partial charge < -0.3 is 13.9 Å². The molecule has 14 heteroatoms. The number of benzene rings is 1. The van der Waals surface area contributed by atoms with Crippen LogP contribution in [0, 0.1) is 5.82 Å². The van der Waals surface area contributed by atoms with E-state index < -0.39 is 25.8 Å². The molecule has 4 aromatic rings. The van der Waals surface area contributed by atoms with E-state index >= 15 is 4.39 Å². The molecule has 5 rings (SSSR count). The third-order valence-corrected chi connectivity index (χ3v) is 13.1. The zero-order valence-corrected chi connectivity index (χ0v) is 29.0. The van der Waals surface area contributed by atoms with Crippen LogP contribution in [0.25, 0.3) is 27.8 Å². The number of carbonyl (C=O) groups excluding carboxylic acids is 1. The number of anilines is 1. The number of nitrogens with one attached hydrogen (secondary N) is 1. The molecule has 4 heterocycles. The van der Waals surface area contributed by atoms with Crippen molar-refractivity contribution >= 4 is 42.6 Å². The molecule has 1 saturated heterocycles. The molecule has 1 atom stereocenters. The molecule has 11 nitrogen and oxygen atoms in total. The molecule has 1 fully saturated rings. The molecule has 1 aromatic carbocycles. The molecule has 0 radical (unpaired) electrons. The Balaban J connectivity index is 1.56. The molecule has 0 saturated carbocycles. The molecular formula is C31H43ClFN7O4Si. The van der Waals surface area contributed by atoms with E-state index in [0.29, 0.717) is 42.1 Å². The van der Waals surface area contributed by atoms with Gasteiger partial charge in [0.1, 0.15) is 11.8 Å². The van der Waals surface area contributed by atoms with Crippen molar-refractivity contribution < 1.29 is 23.1 Å². The fraction of sp³-hybridized carbons (Fsp3) is 0.548. The highest BCUT2D eigenvalue weighted by Crippen LogP contribution is 2.42. The van der Waals surface area contributed by atoms with Crippen LogP contribution in [0.2, 0.25) is 23.2 Å². The van der Waals surface area contributed by atoms with Crippen LogP contribution in [0.1, 0.15) is 67.0 Å². The highest BCUT2D eigenvalue weighted by atomic mass is 35.5. The summed E-state index contributed by atoms with van der Waals surface area (Å²) in [7, 11) is -1.94. The van der Waals surface area contributed by atoms with Crippen molar-refractivity contribution in [2.24, 2.45) is 0 Å². The van der Waals surface area contributed by atoms with Crippen molar-refractivity contribution in [1.29, 1.82) is 0 Å². The van der Waals surface area contributed by atoms with E-state index in [0.717, 1.165) is 19.3 Å². The lowest BCUT2D eigenvalue weighted by Gasteiger charge is -2.36. The van der Waals surface area contributed by atoms with Gasteiger partial charge in [-0.25, -0.2) is 18.5 Å². The Bertz CT molecular complexity index is 1680. The quantitative estimate of drug-likeness (QED) is 0.191. The van der Waals surface area contributed by atoms with Crippen LogP contribution in [-0.2, 0) is 20.4 Å². The van der Waals surface area contributed by atoms with Gasteiger partial charge in [-0.1, -0.05) is 37.6 Å². The van der Waals surface area contributed by atoms with E-state index in [1.807, 2.05) is 6.20 Å². The molecule has 0 aliphatic carbocycles. The molecule has 45 heavy (non-hydrogen) atoms. The minimum atomic E-state index is -1.94. The summed E-state index contributed by atoms with van der Waals surface area (Å²) in [6.45, 7) is 17.9. The number of nitrogens with zero attached hydrogens (tertiary/aromatic N) is 6. The molecule has 3 aromatic heterocycles. The van der Waals surface area contributed by atoms with Gasteiger partial charge >= 0.3 is 6.09 Å². The first-order valence-electron chi connectivity index (χ1n) is 15.3. The van der Waals surface area contributed by atoms with Crippen molar-refractivity contribution in [3.8, 4) is 16.9 Å². The maximum atomic E-state index is 16.0. The summed E-state index contributed by atoms with van der Waals surface area (Å²) in [6.07, 6.45) is 9.10. The van der Waals surface area contributed by atoms with Gasteiger partial charge in [-0.15, -0.1) is 5.10 Å². The molecule has 0 spiro atoms. The smallest absolute Gasteiger partial charge is 0.412 e. The Morgan fingerprint density at radius 3 is 2.60 bits per heavy atom. The Labute approximate surface area is 269 Å². The van der Waals surface area contributed by atoms with Gasteiger partial charge in [0.15, 0.2) is 20.0 Å². The molecule has 244 valence electrons. The van der Waals surface area contributed by atoms with Crippen LogP contribution in [0.15, 0.2) is 30.9 Å². The largest absolute Gasteiger partial charge is 0.444 e. The molecule has 0 bridgehead atoms. The normalized spacial score (nSPS) is 16.4. The number of carbonyl (C=O) groups is 1. The van der Waals surface area contributed by atoms with E-state index in [9.17, 15) is 4.79 Å². The maximum absolute atomic E-state index is 16.0. The van der Waals surface area contributed by atoms with E-state index in [1.54, 1.807) is 53.3 Å². The lowest BCUT2D eigenvalue weighted by atomic mass is 10.1. The number of amides is 1. The topological polar surface area (TPSA) is 110 Å².